The van der Waals surface area contributed by atoms with Crippen molar-refractivity contribution in [3.8, 4) is 0 Å². The lowest BCUT2D eigenvalue weighted by molar-refractivity contribution is -0.122. The van der Waals surface area contributed by atoms with Gasteiger partial charge in [-0.1, -0.05) is 37.3 Å². The molecule has 3 aromatic rings. The Morgan fingerprint density at radius 1 is 1.32 bits per heavy atom. The first-order valence-electron chi connectivity index (χ1n) is 9.73. The van der Waals surface area contributed by atoms with Crippen molar-refractivity contribution >= 4 is 16.9 Å². The van der Waals surface area contributed by atoms with Gasteiger partial charge < -0.3 is 5.32 Å². The maximum atomic E-state index is 12.9. The van der Waals surface area contributed by atoms with Crippen LogP contribution in [0.2, 0.25) is 0 Å². The number of pyridine rings is 1. The molecule has 2 heterocycles. The second-order valence-electron chi connectivity index (χ2n) is 7.69. The molecule has 0 saturated carbocycles. The summed E-state index contributed by atoms with van der Waals surface area (Å²) in [5.41, 5.74) is 3.44. The van der Waals surface area contributed by atoms with Crippen LogP contribution in [0, 0.1) is 5.92 Å². The molecule has 4 rings (SSSR count). The van der Waals surface area contributed by atoms with Crippen molar-refractivity contribution in [1.29, 1.82) is 0 Å². The number of nitrogens with zero attached hydrogens (tertiary/aromatic N) is 3. The predicted molar refractivity (Wildman–Crippen MR) is 108 cm³/mol. The molecule has 0 bridgehead atoms. The molecule has 0 fully saturated rings. The summed E-state index contributed by atoms with van der Waals surface area (Å²) in [7, 11) is 0. The Bertz CT molecular complexity index is 1080. The highest BCUT2D eigenvalue weighted by molar-refractivity contribution is 5.78. The van der Waals surface area contributed by atoms with E-state index in [1.54, 1.807) is 0 Å². The molecule has 0 spiro atoms. The van der Waals surface area contributed by atoms with Crippen molar-refractivity contribution in [2.75, 3.05) is 0 Å². The summed E-state index contributed by atoms with van der Waals surface area (Å²) >= 11 is 0. The summed E-state index contributed by atoms with van der Waals surface area (Å²) in [6.45, 7) is 4.07. The van der Waals surface area contributed by atoms with Crippen LogP contribution in [0.15, 0.2) is 47.5 Å². The molecule has 0 radical (unpaired) electrons. The molecule has 6 heteroatoms. The number of aryl methyl sites for hydroxylation is 1. The number of carbonyl (C=O) groups is 1. The first kappa shape index (κ1) is 18.3. The lowest BCUT2D eigenvalue weighted by Crippen LogP contribution is -2.34. The monoisotopic (exact) mass is 376 g/mol. The van der Waals surface area contributed by atoms with Gasteiger partial charge in [0.25, 0.3) is 5.56 Å². The molecule has 0 saturated heterocycles. The quantitative estimate of drug-likeness (QED) is 0.760. The molecule has 0 unspecified atom stereocenters. The Labute approximate surface area is 163 Å². The highest BCUT2D eigenvalue weighted by atomic mass is 16.2. The second kappa shape index (κ2) is 7.54. The van der Waals surface area contributed by atoms with Crippen LogP contribution < -0.4 is 10.9 Å². The van der Waals surface area contributed by atoms with Gasteiger partial charge >= 0.3 is 0 Å². The summed E-state index contributed by atoms with van der Waals surface area (Å²) < 4.78 is 1.36. The maximum absolute atomic E-state index is 12.9. The van der Waals surface area contributed by atoms with E-state index in [1.165, 1.54) is 10.9 Å². The van der Waals surface area contributed by atoms with Crippen molar-refractivity contribution in [1.82, 2.24) is 19.9 Å². The third-order valence-corrected chi connectivity index (χ3v) is 5.42. The summed E-state index contributed by atoms with van der Waals surface area (Å²) in [5, 5.41) is 3.42. The van der Waals surface area contributed by atoms with Crippen molar-refractivity contribution in [3.63, 3.8) is 0 Å². The average Bonchev–Trinajstić information content (AvgIpc) is 2.70. The minimum atomic E-state index is -0.223. The number of nitrogens with one attached hydrogen (secondary N) is 1. The first-order chi connectivity index (χ1) is 13.5. The fourth-order valence-corrected chi connectivity index (χ4v) is 3.80. The largest absolute Gasteiger partial charge is 0.348 e. The van der Waals surface area contributed by atoms with Crippen LogP contribution in [0.4, 0.5) is 0 Å². The minimum absolute atomic E-state index is 0.0631. The summed E-state index contributed by atoms with van der Waals surface area (Å²) in [6, 6.07) is 11.5. The Morgan fingerprint density at radius 2 is 2.11 bits per heavy atom. The van der Waals surface area contributed by atoms with Gasteiger partial charge in [0.2, 0.25) is 5.91 Å². The van der Waals surface area contributed by atoms with Crippen LogP contribution in [0.25, 0.3) is 11.0 Å². The van der Waals surface area contributed by atoms with Gasteiger partial charge in [0, 0.05) is 5.69 Å². The second-order valence-corrected chi connectivity index (χ2v) is 7.69. The molecular weight excluding hydrogens is 352 g/mol. The number of hydrogen-bond acceptors (Lipinski definition) is 4. The number of hydrogen-bond donors (Lipinski definition) is 1. The number of rotatable bonds is 4. The predicted octanol–water partition coefficient (Wildman–Crippen LogP) is 2.79. The maximum Gasteiger partial charge on any atom is 0.263 e. The Balaban J connectivity index is 1.56. The van der Waals surface area contributed by atoms with Gasteiger partial charge in [0.1, 0.15) is 12.9 Å². The van der Waals surface area contributed by atoms with Crippen LogP contribution in [0.5, 0.6) is 0 Å². The molecule has 1 aliphatic carbocycles. The zero-order valence-electron chi connectivity index (χ0n) is 16.2. The molecule has 6 nitrogen and oxygen atoms in total. The number of fused-ring (bicyclic) bond motifs is 2. The van der Waals surface area contributed by atoms with E-state index in [0.29, 0.717) is 17.0 Å². The highest BCUT2D eigenvalue weighted by Gasteiger charge is 2.19. The van der Waals surface area contributed by atoms with Gasteiger partial charge in [-0.05, 0) is 49.3 Å². The summed E-state index contributed by atoms with van der Waals surface area (Å²) in [4.78, 5) is 34.3. The Hall–Kier alpha value is -3.02. The highest BCUT2D eigenvalue weighted by Crippen LogP contribution is 2.25. The summed E-state index contributed by atoms with van der Waals surface area (Å²) in [5.74, 6) is 0.370. The number of aromatic nitrogens is 3. The Kier molecular flexibility index (Phi) is 4.94. The van der Waals surface area contributed by atoms with Gasteiger partial charge in [-0.2, -0.15) is 0 Å². The van der Waals surface area contributed by atoms with Crippen LogP contribution in [-0.4, -0.2) is 20.4 Å². The molecule has 1 aromatic carbocycles. The van der Waals surface area contributed by atoms with E-state index in [-0.39, 0.29) is 24.1 Å². The summed E-state index contributed by atoms with van der Waals surface area (Å²) in [6.07, 6.45) is 4.39. The van der Waals surface area contributed by atoms with Crippen LogP contribution in [0.3, 0.4) is 0 Å². The average molecular weight is 376 g/mol. The SMILES string of the molecule is C[C@H]1CCc2nc3ncn(CC(=O)N[C@@H](C)c4ccccc4)c(=O)c3cc2C1. The van der Waals surface area contributed by atoms with Crippen LogP contribution >= 0.6 is 0 Å². The van der Waals surface area contributed by atoms with Crippen LogP contribution in [0.1, 0.15) is 43.1 Å². The lowest BCUT2D eigenvalue weighted by atomic mass is 9.87. The van der Waals surface area contributed by atoms with Gasteiger partial charge in [-0.3, -0.25) is 14.2 Å². The van der Waals surface area contributed by atoms with E-state index in [4.69, 9.17) is 0 Å². The first-order valence-corrected chi connectivity index (χ1v) is 9.73. The molecule has 0 aliphatic heterocycles. The van der Waals surface area contributed by atoms with Crippen LogP contribution in [-0.2, 0) is 24.2 Å². The lowest BCUT2D eigenvalue weighted by Gasteiger charge is -2.20. The van der Waals surface area contributed by atoms with E-state index >= 15 is 0 Å². The normalized spacial score (nSPS) is 17.1. The molecule has 2 atom stereocenters. The van der Waals surface area contributed by atoms with Crippen molar-refractivity contribution < 1.29 is 4.79 Å². The zero-order valence-corrected chi connectivity index (χ0v) is 16.2. The van der Waals surface area contributed by atoms with Gasteiger partial charge in [-0.25, -0.2) is 9.97 Å². The molecule has 2 aromatic heterocycles. The molecule has 1 aliphatic rings. The van der Waals surface area contributed by atoms with Crippen molar-refractivity contribution in [3.05, 3.63) is 69.9 Å². The molecule has 1 N–H and O–H groups in total. The molecule has 28 heavy (non-hydrogen) atoms. The molecular formula is C22H24N4O2. The minimum Gasteiger partial charge on any atom is -0.348 e. The van der Waals surface area contributed by atoms with E-state index in [2.05, 4.69) is 22.2 Å². The Morgan fingerprint density at radius 3 is 2.89 bits per heavy atom. The fraction of sp³-hybridized carbons (Fsp3) is 0.364. The molecule has 144 valence electrons. The number of carbonyl (C=O) groups excluding carboxylic acids is 1. The van der Waals surface area contributed by atoms with Gasteiger partial charge in [-0.15, -0.1) is 0 Å². The fourth-order valence-electron chi connectivity index (χ4n) is 3.80. The third kappa shape index (κ3) is 3.67. The number of benzene rings is 1. The van der Waals surface area contributed by atoms with Crippen molar-refractivity contribution in [2.24, 2.45) is 5.92 Å². The molecule has 1 amide bonds. The van der Waals surface area contributed by atoms with Gasteiger partial charge in [0.15, 0.2) is 5.65 Å². The zero-order chi connectivity index (χ0) is 19.7. The smallest absolute Gasteiger partial charge is 0.263 e. The van der Waals surface area contributed by atoms with E-state index in [1.807, 2.05) is 43.3 Å². The van der Waals surface area contributed by atoms with Crippen molar-refractivity contribution in [2.45, 2.75) is 45.7 Å². The number of amides is 1. The van der Waals surface area contributed by atoms with E-state index in [9.17, 15) is 9.59 Å². The third-order valence-electron chi connectivity index (χ3n) is 5.42. The topological polar surface area (TPSA) is 76.9 Å². The van der Waals surface area contributed by atoms with Gasteiger partial charge in [0.05, 0.1) is 11.4 Å². The van der Waals surface area contributed by atoms with E-state index < -0.39 is 0 Å². The van der Waals surface area contributed by atoms with E-state index in [0.717, 1.165) is 36.1 Å². The standard InChI is InChI=1S/C22H24N4O2/c1-14-8-9-19-17(10-14)11-18-21(25-19)23-13-26(22(18)28)12-20(27)24-15(2)16-6-4-3-5-7-16/h3-7,11,13-15H,8-10,12H2,1-2H3,(H,24,27)/t14-,15-/m0/s1.